The Bertz CT molecular complexity index is 1070. The van der Waals surface area contributed by atoms with Crippen LogP contribution in [0.5, 0.6) is 0 Å². The van der Waals surface area contributed by atoms with E-state index >= 15 is 0 Å². The summed E-state index contributed by atoms with van der Waals surface area (Å²) in [6.45, 7) is 0. The van der Waals surface area contributed by atoms with E-state index in [2.05, 4.69) is 26.6 Å². The summed E-state index contributed by atoms with van der Waals surface area (Å²) in [4.78, 5) is 25.5. The van der Waals surface area contributed by atoms with Gasteiger partial charge in [-0.15, -0.1) is 0 Å². The molecule has 0 radical (unpaired) electrons. The minimum Gasteiger partial charge on any atom is -0.373 e. The number of amides is 2. The summed E-state index contributed by atoms with van der Waals surface area (Å²) in [6.07, 6.45) is 11.0. The molecule has 9 nitrogen and oxygen atoms in total. The van der Waals surface area contributed by atoms with Crippen molar-refractivity contribution >= 4 is 28.8 Å². The zero-order valence-corrected chi connectivity index (χ0v) is 17.4. The van der Waals surface area contributed by atoms with E-state index in [1.807, 2.05) is 19.3 Å². The van der Waals surface area contributed by atoms with Crippen molar-refractivity contribution in [2.24, 2.45) is 18.7 Å². The van der Waals surface area contributed by atoms with Crippen LogP contribution in [0.15, 0.2) is 30.7 Å². The highest BCUT2D eigenvalue weighted by Crippen LogP contribution is 2.46. The van der Waals surface area contributed by atoms with Crippen LogP contribution < -0.4 is 27.2 Å². The maximum absolute atomic E-state index is 12.8. The van der Waals surface area contributed by atoms with Crippen LogP contribution in [0.25, 0.3) is 5.57 Å². The molecule has 1 fully saturated rings. The van der Waals surface area contributed by atoms with Gasteiger partial charge in [-0.2, -0.15) is 5.10 Å². The van der Waals surface area contributed by atoms with Gasteiger partial charge >= 0.3 is 0 Å². The fourth-order valence-corrected chi connectivity index (χ4v) is 4.88. The molecule has 1 saturated carbocycles. The number of carbonyl (C=O) groups is 2. The molecule has 2 atom stereocenters. The largest absolute Gasteiger partial charge is 0.373 e. The van der Waals surface area contributed by atoms with Crippen LogP contribution in [-0.4, -0.2) is 27.6 Å². The van der Waals surface area contributed by atoms with Crippen molar-refractivity contribution in [1.29, 1.82) is 0 Å². The van der Waals surface area contributed by atoms with E-state index in [1.165, 1.54) is 6.42 Å². The predicted molar refractivity (Wildman–Crippen MR) is 118 cm³/mol. The van der Waals surface area contributed by atoms with E-state index in [-0.39, 0.29) is 23.8 Å². The minimum atomic E-state index is -0.547. The monoisotopic (exact) mass is 421 g/mol. The number of hydrogen-bond acceptors (Lipinski definition) is 6. The Morgan fingerprint density at radius 3 is 2.84 bits per heavy atom. The molecule has 0 bridgehead atoms. The van der Waals surface area contributed by atoms with Crippen LogP contribution in [0, 0.1) is 5.92 Å². The van der Waals surface area contributed by atoms with Crippen molar-refractivity contribution in [2.75, 3.05) is 10.6 Å². The van der Waals surface area contributed by atoms with Gasteiger partial charge in [0.25, 0.3) is 5.91 Å². The molecule has 1 aromatic heterocycles. The Kier molecular flexibility index (Phi) is 4.90. The lowest BCUT2D eigenvalue weighted by Crippen LogP contribution is -2.42. The zero-order chi connectivity index (χ0) is 21.5. The van der Waals surface area contributed by atoms with Crippen molar-refractivity contribution in [2.45, 2.75) is 44.2 Å². The third kappa shape index (κ3) is 3.54. The Balaban J connectivity index is 1.45. The van der Waals surface area contributed by atoms with E-state index in [1.54, 1.807) is 23.1 Å². The number of carbonyl (C=O) groups excluding carboxylic acids is 2. The molecular weight excluding hydrogens is 394 g/mol. The summed E-state index contributed by atoms with van der Waals surface area (Å²) in [5, 5.41) is 10.7. The van der Waals surface area contributed by atoms with Crippen LogP contribution in [0.4, 0.5) is 11.4 Å². The first kappa shape index (κ1) is 19.6. The van der Waals surface area contributed by atoms with E-state index in [0.717, 1.165) is 48.1 Å². The number of nitrogens with zero attached hydrogens (tertiary/aromatic N) is 2. The normalized spacial score (nSPS) is 21.2. The molecule has 2 amide bonds. The van der Waals surface area contributed by atoms with Gasteiger partial charge in [-0.3, -0.25) is 19.7 Å². The van der Waals surface area contributed by atoms with Crippen molar-refractivity contribution in [1.82, 2.24) is 20.6 Å². The molecule has 3 aliphatic rings. The summed E-state index contributed by atoms with van der Waals surface area (Å²) in [5.74, 6) is -0.257. The Morgan fingerprint density at radius 1 is 1.29 bits per heavy atom. The van der Waals surface area contributed by atoms with Gasteiger partial charge in [-0.1, -0.05) is 19.3 Å². The third-order valence-corrected chi connectivity index (χ3v) is 6.48. The SMILES string of the molecule is Cn1cc(C2Nc3cc(NC(=O)C(N)C4CCCCC4)cc4c3C2=CNNC4=O)cn1. The number of benzene rings is 1. The van der Waals surface area contributed by atoms with Gasteiger partial charge in [0.15, 0.2) is 0 Å². The summed E-state index contributed by atoms with van der Waals surface area (Å²) in [6, 6.07) is 2.88. The standard InChI is InChI=1S/C22H27N7O2/c1-29-11-13(9-25-29)20-16-10-24-28-21(30)15-7-14(8-17(27-20)18(15)16)26-22(31)19(23)12-5-3-2-4-6-12/h7-12,19-20,24,27H,2-6,23H2,1H3,(H,26,31)(H,28,30). The van der Waals surface area contributed by atoms with Gasteiger partial charge in [-0.05, 0) is 30.9 Å². The quantitative estimate of drug-likeness (QED) is 0.514. The smallest absolute Gasteiger partial charge is 0.270 e. The predicted octanol–water partition coefficient (Wildman–Crippen LogP) is 2.02. The first-order valence-electron chi connectivity index (χ1n) is 10.8. The first-order valence-corrected chi connectivity index (χ1v) is 10.8. The lowest BCUT2D eigenvalue weighted by Gasteiger charge is -2.26. The minimum absolute atomic E-state index is 0.155. The molecule has 6 N–H and O–H groups in total. The summed E-state index contributed by atoms with van der Waals surface area (Å²) in [7, 11) is 1.87. The molecule has 31 heavy (non-hydrogen) atoms. The highest BCUT2D eigenvalue weighted by molar-refractivity contribution is 6.07. The number of aryl methyl sites for hydroxylation is 1. The lowest BCUT2D eigenvalue weighted by molar-refractivity contribution is -0.118. The molecule has 3 heterocycles. The Morgan fingerprint density at radius 2 is 2.10 bits per heavy atom. The molecular formula is C22H27N7O2. The second-order valence-electron chi connectivity index (χ2n) is 8.58. The zero-order valence-electron chi connectivity index (χ0n) is 17.4. The van der Waals surface area contributed by atoms with Gasteiger partial charge in [0.05, 0.1) is 23.8 Å². The van der Waals surface area contributed by atoms with Crippen molar-refractivity contribution < 1.29 is 9.59 Å². The summed E-state index contributed by atoms with van der Waals surface area (Å²) in [5.41, 5.74) is 16.4. The van der Waals surface area contributed by atoms with Crippen LogP contribution in [0.3, 0.4) is 0 Å². The summed E-state index contributed by atoms with van der Waals surface area (Å²) < 4.78 is 1.74. The number of nitrogens with two attached hydrogens (primary N) is 1. The van der Waals surface area contributed by atoms with Crippen molar-refractivity contribution in [3.05, 3.63) is 47.4 Å². The average Bonchev–Trinajstić information content (AvgIpc) is 3.31. The number of hydrazine groups is 1. The molecule has 5 rings (SSSR count). The number of aromatic nitrogens is 2. The van der Waals surface area contributed by atoms with Crippen LogP contribution in [0.1, 0.15) is 59.6 Å². The third-order valence-electron chi connectivity index (χ3n) is 6.48. The lowest BCUT2D eigenvalue weighted by atomic mass is 9.84. The maximum Gasteiger partial charge on any atom is 0.270 e. The number of hydrogen-bond donors (Lipinski definition) is 5. The van der Waals surface area contributed by atoms with Gasteiger partial charge < -0.3 is 21.8 Å². The summed E-state index contributed by atoms with van der Waals surface area (Å²) >= 11 is 0. The Hall–Kier alpha value is -3.33. The fourth-order valence-electron chi connectivity index (χ4n) is 4.88. The van der Waals surface area contributed by atoms with Crippen LogP contribution in [0.2, 0.25) is 0 Å². The fraction of sp³-hybridized carbons (Fsp3) is 0.409. The van der Waals surface area contributed by atoms with Crippen molar-refractivity contribution in [3.63, 3.8) is 0 Å². The van der Waals surface area contributed by atoms with Crippen molar-refractivity contribution in [3.8, 4) is 0 Å². The number of rotatable bonds is 4. The van der Waals surface area contributed by atoms with E-state index in [9.17, 15) is 9.59 Å². The Labute approximate surface area is 180 Å². The highest BCUT2D eigenvalue weighted by atomic mass is 16.2. The van der Waals surface area contributed by atoms with Gasteiger partial charge in [-0.25, -0.2) is 0 Å². The van der Waals surface area contributed by atoms with Gasteiger partial charge in [0.2, 0.25) is 5.91 Å². The molecule has 162 valence electrons. The molecule has 2 unspecified atom stereocenters. The number of anilines is 2. The molecule has 0 saturated heterocycles. The molecule has 9 heteroatoms. The van der Waals surface area contributed by atoms with Crippen LogP contribution >= 0.6 is 0 Å². The molecule has 1 aromatic carbocycles. The van der Waals surface area contributed by atoms with Gasteiger partial charge in [0.1, 0.15) is 0 Å². The maximum atomic E-state index is 12.8. The molecule has 2 aromatic rings. The molecule has 0 spiro atoms. The first-order chi connectivity index (χ1) is 15.0. The highest BCUT2D eigenvalue weighted by Gasteiger charge is 2.35. The van der Waals surface area contributed by atoms with Gasteiger partial charge in [0, 0.05) is 47.5 Å². The van der Waals surface area contributed by atoms with E-state index < -0.39 is 6.04 Å². The average molecular weight is 422 g/mol. The topological polar surface area (TPSA) is 126 Å². The second-order valence-corrected chi connectivity index (χ2v) is 8.58. The van der Waals surface area contributed by atoms with Crippen LogP contribution in [-0.2, 0) is 11.8 Å². The molecule has 1 aliphatic carbocycles. The van der Waals surface area contributed by atoms with E-state index in [0.29, 0.717) is 11.3 Å². The van der Waals surface area contributed by atoms with E-state index in [4.69, 9.17) is 5.73 Å². The second kappa shape index (κ2) is 7.73. The number of nitrogens with one attached hydrogen (secondary N) is 4. The molecule has 2 aliphatic heterocycles.